The predicted octanol–water partition coefficient (Wildman–Crippen LogP) is 1.88. The van der Waals surface area contributed by atoms with Crippen LogP contribution in [0.15, 0.2) is 16.7 Å². The Kier molecular flexibility index (Phi) is 4.15. The van der Waals surface area contributed by atoms with Crippen LogP contribution in [0.5, 0.6) is 0 Å². The van der Waals surface area contributed by atoms with Crippen molar-refractivity contribution >= 4 is 21.8 Å². The normalized spacial score (nSPS) is 14.9. The largest absolute Gasteiger partial charge is 0.356 e. The van der Waals surface area contributed by atoms with Crippen LogP contribution in [0.3, 0.4) is 0 Å². The summed E-state index contributed by atoms with van der Waals surface area (Å²) in [5, 5.41) is 2.96. The zero-order valence-electron chi connectivity index (χ0n) is 9.80. The highest BCUT2D eigenvalue weighted by Crippen LogP contribution is 2.16. The van der Waals surface area contributed by atoms with Crippen LogP contribution < -0.4 is 11.1 Å². The number of rotatable bonds is 4. The number of amides is 1. The van der Waals surface area contributed by atoms with Gasteiger partial charge in [0, 0.05) is 17.2 Å². The minimum absolute atomic E-state index is 0.132. The molecule has 5 heteroatoms. The van der Waals surface area contributed by atoms with Gasteiger partial charge in [0.1, 0.15) is 5.69 Å². The predicted molar refractivity (Wildman–Crippen MR) is 68.3 cm³/mol. The Labute approximate surface area is 104 Å². The van der Waals surface area contributed by atoms with E-state index in [1.54, 1.807) is 12.3 Å². The highest BCUT2D eigenvalue weighted by Gasteiger charge is 2.29. The third kappa shape index (κ3) is 2.86. The maximum Gasteiger partial charge on any atom is 0.268 e. The summed E-state index contributed by atoms with van der Waals surface area (Å²) in [4.78, 5) is 14.8. The number of aromatic amines is 1. The number of carbonyl (C=O) groups excluding carboxylic acids is 1. The fraction of sp³-hybridized carbons (Fsp3) is 0.545. The number of nitrogens with two attached hydrogens (primary N) is 1. The lowest BCUT2D eigenvalue weighted by Gasteiger charge is -2.33. The standard InChI is InChI=1S/C11H18BrN3O/c1-7(2)11(3,6-13)15-10(16)9-4-8(12)5-14-9/h4-5,7,14H,6,13H2,1-3H3,(H,15,16). The Balaban J connectivity index is 2.77. The van der Waals surface area contributed by atoms with Gasteiger partial charge < -0.3 is 16.0 Å². The lowest BCUT2D eigenvalue weighted by atomic mass is 9.88. The lowest BCUT2D eigenvalue weighted by Crippen LogP contribution is -2.55. The Morgan fingerprint density at radius 1 is 1.69 bits per heavy atom. The second kappa shape index (κ2) is 5.01. The molecule has 0 saturated heterocycles. The summed E-state index contributed by atoms with van der Waals surface area (Å²) in [7, 11) is 0. The van der Waals surface area contributed by atoms with Gasteiger partial charge in [-0.1, -0.05) is 13.8 Å². The molecule has 0 radical (unpaired) electrons. The van der Waals surface area contributed by atoms with Gasteiger partial charge in [-0.05, 0) is 34.8 Å². The maximum atomic E-state index is 11.9. The van der Waals surface area contributed by atoms with E-state index in [4.69, 9.17) is 5.73 Å². The Morgan fingerprint density at radius 2 is 2.31 bits per heavy atom. The summed E-state index contributed by atoms with van der Waals surface area (Å²) >= 11 is 3.29. The average Bonchev–Trinajstić information content (AvgIpc) is 2.64. The molecule has 0 aliphatic carbocycles. The van der Waals surface area contributed by atoms with Crippen LogP contribution in [0.2, 0.25) is 0 Å². The Hall–Kier alpha value is -0.810. The molecule has 4 N–H and O–H groups in total. The molecule has 16 heavy (non-hydrogen) atoms. The molecule has 4 nitrogen and oxygen atoms in total. The van der Waals surface area contributed by atoms with Crippen molar-refractivity contribution in [3.8, 4) is 0 Å². The molecule has 1 atom stereocenters. The van der Waals surface area contributed by atoms with Crippen LogP contribution in [0.4, 0.5) is 0 Å². The van der Waals surface area contributed by atoms with Gasteiger partial charge in [0.05, 0.1) is 5.54 Å². The molecular weight excluding hydrogens is 270 g/mol. The summed E-state index contributed by atoms with van der Waals surface area (Å²) < 4.78 is 0.858. The zero-order valence-corrected chi connectivity index (χ0v) is 11.4. The van der Waals surface area contributed by atoms with Crippen molar-refractivity contribution in [1.29, 1.82) is 0 Å². The molecule has 0 bridgehead atoms. The van der Waals surface area contributed by atoms with Gasteiger partial charge in [0.2, 0.25) is 0 Å². The summed E-state index contributed by atoms with van der Waals surface area (Å²) in [6.07, 6.45) is 1.73. The highest BCUT2D eigenvalue weighted by atomic mass is 79.9. The van der Waals surface area contributed by atoms with Crippen LogP contribution in [0.1, 0.15) is 31.3 Å². The van der Waals surface area contributed by atoms with Crippen LogP contribution in [0, 0.1) is 5.92 Å². The molecule has 1 aromatic heterocycles. The number of carbonyl (C=O) groups is 1. The van der Waals surface area contributed by atoms with Crippen molar-refractivity contribution in [1.82, 2.24) is 10.3 Å². The first-order chi connectivity index (χ1) is 7.39. The smallest absolute Gasteiger partial charge is 0.268 e. The van der Waals surface area contributed by atoms with E-state index in [1.807, 2.05) is 20.8 Å². The number of H-pyrrole nitrogens is 1. The van der Waals surface area contributed by atoms with E-state index in [2.05, 4.69) is 26.2 Å². The van der Waals surface area contributed by atoms with Gasteiger partial charge in [-0.2, -0.15) is 0 Å². The third-order valence-electron chi connectivity index (χ3n) is 2.99. The summed E-state index contributed by atoms with van der Waals surface area (Å²) in [5.41, 5.74) is 5.86. The van der Waals surface area contributed by atoms with Crippen LogP contribution in [-0.4, -0.2) is 23.0 Å². The lowest BCUT2D eigenvalue weighted by molar-refractivity contribution is 0.0878. The fourth-order valence-corrected chi connectivity index (χ4v) is 1.60. The molecule has 0 aliphatic rings. The number of aromatic nitrogens is 1. The van der Waals surface area contributed by atoms with E-state index in [0.29, 0.717) is 12.2 Å². The van der Waals surface area contributed by atoms with Crippen molar-refractivity contribution in [2.75, 3.05) is 6.54 Å². The molecule has 1 heterocycles. The molecule has 1 aromatic rings. The molecule has 90 valence electrons. The second-order valence-electron chi connectivity index (χ2n) is 4.46. The SMILES string of the molecule is CC(C)C(C)(CN)NC(=O)c1cc(Br)c[nH]1. The van der Waals surface area contributed by atoms with E-state index in [9.17, 15) is 4.79 Å². The van der Waals surface area contributed by atoms with Crippen molar-refractivity contribution in [2.24, 2.45) is 11.7 Å². The number of halogens is 1. The molecular formula is C11H18BrN3O. The molecule has 0 aliphatic heterocycles. The van der Waals surface area contributed by atoms with Crippen molar-refractivity contribution in [2.45, 2.75) is 26.3 Å². The van der Waals surface area contributed by atoms with Crippen LogP contribution in [0.25, 0.3) is 0 Å². The molecule has 0 saturated carbocycles. The molecule has 0 spiro atoms. The average molecular weight is 288 g/mol. The van der Waals surface area contributed by atoms with Crippen molar-refractivity contribution in [3.05, 3.63) is 22.4 Å². The molecule has 0 fully saturated rings. The topological polar surface area (TPSA) is 70.9 Å². The summed E-state index contributed by atoms with van der Waals surface area (Å²) in [5.74, 6) is 0.146. The van der Waals surface area contributed by atoms with E-state index in [1.165, 1.54) is 0 Å². The number of hydrogen-bond acceptors (Lipinski definition) is 2. The minimum atomic E-state index is -0.380. The highest BCUT2D eigenvalue weighted by molar-refractivity contribution is 9.10. The van der Waals surface area contributed by atoms with E-state index in [0.717, 1.165) is 4.47 Å². The molecule has 0 aromatic carbocycles. The van der Waals surface area contributed by atoms with E-state index < -0.39 is 0 Å². The quantitative estimate of drug-likeness (QED) is 0.791. The van der Waals surface area contributed by atoms with E-state index >= 15 is 0 Å². The van der Waals surface area contributed by atoms with Crippen molar-refractivity contribution in [3.63, 3.8) is 0 Å². The molecule has 1 unspecified atom stereocenters. The zero-order chi connectivity index (χ0) is 12.3. The van der Waals surface area contributed by atoms with Gasteiger partial charge in [-0.15, -0.1) is 0 Å². The first kappa shape index (κ1) is 13.3. The van der Waals surface area contributed by atoms with Gasteiger partial charge in [0.25, 0.3) is 5.91 Å². The third-order valence-corrected chi connectivity index (χ3v) is 3.45. The first-order valence-electron chi connectivity index (χ1n) is 5.25. The van der Waals surface area contributed by atoms with E-state index in [-0.39, 0.29) is 17.4 Å². The van der Waals surface area contributed by atoms with Gasteiger partial charge in [0.15, 0.2) is 0 Å². The number of hydrogen-bond donors (Lipinski definition) is 3. The van der Waals surface area contributed by atoms with Gasteiger partial charge >= 0.3 is 0 Å². The van der Waals surface area contributed by atoms with Gasteiger partial charge in [-0.25, -0.2) is 0 Å². The number of nitrogens with one attached hydrogen (secondary N) is 2. The van der Waals surface area contributed by atoms with Gasteiger partial charge in [-0.3, -0.25) is 4.79 Å². The van der Waals surface area contributed by atoms with Crippen LogP contribution in [-0.2, 0) is 0 Å². The summed E-state index contributed by atoms with van der Waals surface area (Å²) in [6, 6.07) is 1.74. The monoisotopic (exact) mass is 287 g/mol. The van der Waals surface area contributed by atoms with Crippen molar-refractivity contribution < 1.29 is 4.79 Å². The minimum Gasteiger partial charge on any atom is -0.356 e. The Morgan fingerprint density at radius 3 is 2.69 bits per heavy atom. The first-order valence-corrected chi connectivity index (χ1v) is 6.05. The maximum absolute atomic E-state index is 11.9. The Bertz CT molecular complexity index is 375. The summed E-state index contributed by atoms with van der Waals surface area (Å²) in [6.45, 7) is 6.45. The molecule has 1 amide bonds. The second-order valence-corrected chi connectivity index (χ2v) is 5.38. The van der Waals surface area contributed by atoms with Crippen LogP contribution >= 0.6 is 15.9 Å². The molecule has 1 rings (SSSR count). The fourth-order valence-electron chi connectivity index (χ4n) is 1.26.